The van der Waals surface area contributed by atoms with Gasteiger partial charge in [0.2, 0.25) is 11.8 Å². The van der Waals surface area contributed by atoms with Crippen LogP contribution in [-0.4, -0.2) is 23.3 Å². The number of hydrogen-bond donors (Lipinski definition) is 2. The summed E-state index contributed by atoms with van der Waals surface area (Å²) in [4.78, 5) is 26.4. The van der Waals surface area contributed by atoms with Gasteiger partial charge in [-0.25, -0.2) is 8.78 Å². The molecular formula is C25H28F2N2O2S2. The minimum absolute atomic E-state index is 0.0346. The zero-order valence-corrected chi connectivity index (χ0v) is 20.2. The molecule has 2 aromatic carbocycles. The highest BCUT2D eigenvalue weighted by atomic mass is 32.2. The largest absolute Gasteiger partial charge is 0.349 e. The molecule has 3 atom stereocenters. The van der Waals surface area contributed by atoms with E-state index in [4.69, 9.17) is 0 Å². The number of hydrogen-bond acceptors (Lipinski definition) is 4. The standard InChI is InChI=1S/C25H28F2N2O2S2/c1-15(14-23(31)29-21-11-13-33-25-17(21)5-3-7-19(25)27)8-9-22(30)28-20-10-12-32-24-16(20)4-2-6-18(24)26/h2-7,15,20-21H,8-14H2,1H3,(H,28,30)(H,29,31). The van der Waals surface area contributed by atoms with E-state index in [1.165, 1.54) is 35.7 Å². The molecule has 4 nitrogen and oxygen atoms in total. The smallest absolute Gasteiger partial charge is 0.220 e. The maximum Gasteiger partial charge on any atom is 0.220 e. The summed E-state index contributed by atoms with van der Waals surface area (Å²) in [5.74, 6) is 0.929. The normalized spacial score (nSPS) is 20.3. The molecule has 0 bridgehead atoms. The highest BCUT2D eigenvalue weighted by Gasteiger charge is 2.26. The number of halogens is 2. The lowest BCUT2D eigenvalue weighted by Crippen LogP contribution is -2.32. The Hall–Kier alpha value is -2.06. The Labute approximate surface area is 201 Å². The van der Waals surface area contributed by atoms with Gasteiger partial charge in [-0.2, -0.15) is 0 Å². The molecule has 3 unspecified atom stereocenters. The highest BCUT2D eigenvalue weighted by Crippen LogP contribution is 2.39. The zero-order valence-electron chi connectivity index (χ0n) is 18.5. The molecule has 0 saturated heterocycles. The van der Waals surface area contributed by atoms with Crippen LogP contribution in [0, 0.1) is 17.6 Å². The van der Waals surface area contributed by atoms with Gasteiger partial charge >= 0.3 is 0 Å². The van der Waals surface area contributed by atoms with Crippen molar-refractivity contribution in [3.63, 3.8) is 0 Å². The number of thioether (sulfide) groups is 2. The number of amides is 2. The van der Waals surface area contributed by atoms with E-state index in [0.29, 0.717) is 29.1 Å². The molecule has 0 aliphatic carbocycles. The highest BCUT2D eigenvalue weighted by molar-refractivity contribution is 7.99. The van der Waals surface area contributed by atoms with Crippen LogP contribution in [0.5, 0.6) is 0 Å². The number of carbonyl (C=O) groups excluding carboxylic acids is 2. The summed E-state index contributed by atoms with van der Waals surface area (Å²) in [5, 5.41) is 6.08. The maximum absolute atomic E-state index is 14.0. The number of carbonyl (C=O) groups is 2. The van der Waals surface area contributed by atoms with Crippen LogP contribution in [0.4, 0.5) is 8.78 Å². The topological polar surface area (TPSA) is 58.2 Å². The SMILES string of the molecule is CC(CCC(=O)NC1CCSc2c(F)cccc21)CC(=O)NC1CCSc2c(F)cccc21. The minimum atomic E-state index is -0.238. The average molecular weight is 491 g/mol. The van der Waals surface area contributed by atoms with Gasteiger partial charge in [-0.1, -0.05) is 31.2 Å². The molecule has 2 aromatic rings. The second-order valence-corrected chi connectivity index (χ2v) is 10.9. The summed E-state index contributed by atoms with van der Waals surface area (Å²) in [7, 11) is 0. The monoisotopic (exact) mass is 490 g/mol. The van der Waals surface area contributed by atoms with Gasteiger partial charge in [0, 0.05) is 34.1 Å². The fourth-order valence-electron chi connectivity index (χ4n) is 4.39. The predicted molar refractivity (Wildman–Crippen MR) is 128 cm³/mol. The molecule has 0 saturated carbocycles. The first-order chi connectivity index (χ1) is 15.9. The molecule has 8 heteroatoms. The Morgan fingerprint density at radius 2 is 1.42 bits per heavy atom. The van der Waals surface area contributed by atoms with Crippen LogP contribution in [0.15, 0.2) is 46.2 Å². The van der Waals surface area contributed by atoms with Crippen molar-refractivity contribution in [2.75, 3.05) is 11.5 Å². The summed E-state index contributed by atoms with van der Waals surface area (Å²) < 4.78 is 28.1. The average Bonchev–Trinajstić information content (AvgIpc) is 2.79. The van der Waals surface area contributed by atoms with Crippen LogP contribution < -0.4 is 10.6 Å². The van der Waals surface area contributed by atoms with Gasteiger partial charge in [0.15, 0.2) is 0 Å². The predicted octanol–water partition coefficient (Wildman–Crippen LogP) is 5.78. The number of nitrogens with one attached hydrogen (secondary N) is 2. The van der Waals surface area contributed by atoms with Gasteiger partial charge in [0.05, 0.1) is 12.1 Å². The van der Waals surface area contributed by atoms with Crippen molar-refractivity contribution in [2.24, 2.45) is 5.92 Å². The first-order valence-electron chi connectivity index (χ1n) is 11.3. The molecule has 0 fully saturated rings. The third kappa shape index (κ3) is 5.90. The lowest BCUT2D eigenvalue weighted by atomic mass is 9.98. The van der Waals surface area contributed by atoms with Crippen LogP contribution in [-0.2, 0) is 9.59 Å². The number of rotatable bonds is 7. The molecule has 0 radical (unpaired) electrons. The van der Waals surface area contributed by atoms with Crippen molar-refractivity contribution in [1.29, 1.82) is 0 Å². The van der Waals surface area contributed by atoms with E-state index in [1.54, 1.807) is 12.1 Å². The molecule has 2 amide bonds. The number of benzene rings is 2. The fourth-order valence-corrected chi connectivity index (χ4v) is 6.67. The van der Waals surface area contributed by atoms with E-state index in [0.717, 1.165) is 35.5 Å². The van der Waals surface area contributed by atoms with E-state index in [2.05, 4.69) is 10.6 Å². The Morgan fingerprint density at radius 3 is 1.97 bits per heavy atom. The van der Waals surface area contributed by atoms with E-state index < -0.39 is 0 Å². The molecule has 0 aromatic heterocycles. The molecule has 2 heterocycles. The first-order valence-corrected chi connectivity index (χ1v) is 13.3. The van der Waals surface area contributed by atoms with Crippen LogP contribution in [0.3, 0.4) is 0 Å². The van der Waals surface area contributed by atoms with Gasteiger partial charge in [-0.3, -0.25) is 9.59 Å². The first kappa shape index (κ1) is 24.1. The Bertz CT molecular complexity index is 1030. The van der Waals surface area contributed by atoms with Crippen molar-refractivity contribution < 1.29 is 18.4 Å². The lowest BCUT2D eigenvalue weighted by Gasteiger charge is -2.27. The lowest BCUT2D eigenvalue weighted by molar-refractivity contribution is -0.124. The van der Waals surface area contributed by atoms with Crippen molar-refractivity contribution in [3.05, 3.63) is 59.2 Å². The Kier molecular flexibility index (Phi) is 7.96. The molecule has 2 N–H and O–H groups in total. The van der Waals surface area contributed by atoms with Crippen LogP contribution in [0.25, 0.3) is 0 Å². The summed E-state index contributed by atoms with van der Waals surface area (Å²) in [6.07, 6.45) is 2.76. The minimum Gasteiger partial charge on any atom is -0.349 e. The Morgan fingerprint density at radius 1 is 0.909 bits per heavy atom. The summed E-state index contributed by atoms with van der Waals surface area (Å²) in [5.41, 5.74) is 1.68. The van der Waals surface area contributed by atoms with E-state index >= 15 is 0 Å². The quantitative estimate of drug-likeness (QED) is 0.517. The van der Waals surface area contributed by atoms with Crippen LogP contribution in [0.2, 0.25) is 0 Å². The van der Waals surface area contributed by atoms with Gasteiger partial charge in [-0.05, 0) is 48.4 Å². The molecule has 176 valence electrons. The van der Waals surface area contributed by atoms with Crippen molar-refractivity contribution >= 4 is 35.3 Å². The molecular weight excluding hydrogens is 462 g/mol. The second kappa shape index (κ2) is 10.9. The van der Waals surface area contributed by atoms with E-state index in [1.807, 2.05) is 19.1 Å². The number of fused-ring (bicyclic) bond motifs is 2. The molecule has 2 aliphatic rings. The van der Waals surface area contributed by atoms with E-state index in [-0.39, 0.29) is 41.5 Å². The summed E-state index contributed by atoms with van der Waals surface area (Å²) in [6.45, 7) is 1.96. The van der Waals surface area contributed by atoms with Gasteiger partial charge < -0.3 is 10.6 Å². The third-order valence-corrected chi connectivity index (χ3v) is 8.44. The Balaban J connectivity index is 1.25. The van der Waals surface area contributed by atoms with Crippen molar-refractivity contribution in [3.8, 4) is 0 Å². The van der Waals surface area contributed by atoms with Gasteiger partial charge in [-0.15, -0.1) is 23.5 Å². The molecule has 2 aliphatic heterocycles. The van der Waals surface area contributed by atoms with Crippen molar-refractivity contribution in [2.45, 2.75) is 60.9 Å². The van der Waals surface area contributed by atoms with Gasteiger partial charge in [0.25, 0.3) is 0 Å². The van der Waals surface area contributed by atoms with Crippen molar-refractivity contribution in [1.82, 2.24) is 10.6 Å². The zero-order chi connectivity index (χ0) is 23.4. The molecule has 4 rings (SSSR count). The fraction of sp³-hybridized carbons (Fsp3) is 0.440. The third-order valence-electron chi connectivity index (χ3n) is 6.12. The summed E-state index contributed by atoms with van der Waals surface area (Å²) >= 11 is 2.98. The van der Waals surface area contributed by atoms with Gasteiger partial charge in [0.1, 0.15) is 11.6 Å². The maximum atomic E-state index is 14.0. The molecule has 33 heavy (non-hydrogen) atoms. The van der Waals surface area contributed by atoms with Crippen LogP contribution in [0.1, 0.15) is 62.2 Å². The second-order valence-electron chi connectivity index (χ2n) is 8.68. The summed E-state index contributed by atoms with van der Waals surface area (Å²) in [6, 6.07) is 9.65. The van der Waals surface area contributed by atoms with E-state index in [9.17, 15) is 18.4 Å². The molecule has 0 spiro atoms. The van der Waals surface area contributed by atoms with Crippen LogP contribution >= 0.6 is 23.5 Å².